The van der Waals surface area contributed by atoms with Crippen LogP contribution < -0.4 is 0 Å². The Labute approximate surface area is 166 Å². The van der Waals surface area contributed by atoms with E-state index in [2.05, 4.69) is 6.92 Å². The van der Waals surface area contributed by atoms with Crippen molar-refractivity contribution in [3.8, 4) is 0 Å². The second-order valence-electron chi connectivity index (χ2n) is 6.48. The van der Waals surface area contributed by atoms with Gasteiger partial charge in [0.1, 0.15) is 0 Å². The lowest BCUT2D eigenvalue weighted by Gasteiger charge is -2.07. The van der Waals surface area contributed by atoms with Gasteiger partial charge in [0.05, 0.1) is 46.2 Å². The fourth-order valence-corrected chi connectivity index (χ4v) is 2.44. The minimum atomic E-state index is -0.120. The molecule has 0 N–H and O–H groups in total. The Balaban J connectivity index is 3.12. The fraction of sp³-hybridized carbons (Fsp3) is 0.952. The van der Waals surface area contributed by atoms with Crippen LogP contribution in [-0.2, 0) is 28.5 Å². The van der Waals surface area contributed by atoms with Gasteiger partial charge in [-0.05, 0) is 19.8 Å². The van der Waals surface area contributed by atoms with Gasteiger partial charge in [-0.15, -0.1) is 0 Å². The minimum absolute atomic E-state index is 0.120. The molecule has 0 amide bonds. The molecule has 162 valence electrons. The van der Waals surface area contributed by atoms with E-state index < -0.39 is 0 Å². The van der Waals surface area contributed by atoms with Crippen molar-refractivity contribution >= 4 is 5.97 Å². The third kappa shape index (κ3) is 23.3. The SMILES string of the molecule is CCCCCCCCCOC(=O)CCCOCCOCCOCCOCC. The molecule has 27 heavy (non-hydrogen) atoms. The first-order valence-corrected chi connectivity index (χ1v) is 10.8. The maximum Gasteiger partial charge on any atom is 0.305 e. The smallest absolute Gasteiger partial charge is 0.305 e. The molecule has 0 saturated heterocycles. The Morgan fingerprint density at radius 1 is 0.556 bits per heavy atom. The Bertz CT molecular complexity index is 298. The zero-order valence-electron chi connectivity index (χ0n) is 17.7. The molecule has 0 bridgehead atoms. The van der Waals surface area contributed by atoms with Gasteiger partial charge in [-0.3, -0.25) is 4.79 Å². The van der Waals surface area contributed by atoms with Crippen molar-refractivity contribution in [2.45, 2.75) is 71.6 Å². The number of hydrogen-bond donors (Lipinski definition) is 0. The predicted molar refractivity (Wildman–Crippen MR) is 107 cm³/mol. The van der Waals surface area contributed by atoms with Crippen LogP contribution in [0.5, 0.6) is 0 Å². The lowest BCUT2D eigenvalue weighted by Crippen LogP contribution is -2.12. The Hall–Kier alpha value is -0.690. The molecule has 0 aromatic heterocycles. The number of rotatable bonds is 22. The van der Waals surface area contributed by atoms with E-state index >= 15 is 0 Å². The normalized spacial score (nSPS) is 11.0. The predicted octanol–water partition coefficient (Wildman–Crippen LogP) is 4.15. The molecule has 0 radical (unpaired) electrons. The largest absolute Gasteiger partial charge is 0.466 e. The van der Waals surface area contributed by atoms with Crippen LogP contribution >= 0.6 is 0 Å². The van der Waals surface area contributed by atoms with Crippen LogP contribution in [0.3, 0.4) is 0 Å². The number of ether oxygens (including phenoxy) is 5. The van der Waals surface area contributed by atoms with Crippen molar-refractivity contribution in [3.05, 3.63) is 0 Å². The lowest BCUT2D eigenvalue weighted by atomic mass is 10.1. The van der Waals surface area contributed by atoms with Crippen LogP contribution in [0.25, 0.3) is 0 Å². The second-order valence-corrected chi connectivity index (χ2v) is 6.48. The van der Waals surface area contributed by atoms with Crippen LogP contribution in [-0.4, -0.2) is 65.4 Å². The molecule has 6 heteroatoms. The highest BCUT2D eigenvalue weighted by atomic mass is 16.6. The van der Waals surface area contributed by atoms with E-state index in [1.165, 1.54) is 32.1 Å². The lowest BCUT2D eigenvalue weighted by molar-refractivity contribution is -0.144. The summed E-state index contributed by atoms with van der Waals surface area (Å²) in [6, 6.07) is 0. The Kier molecular flexibility index (Phi) is 22.8. The average molecular weight is 391 g/mol. The third-order valence-corrected chi connectivity index (χ3v) is 4.00. The van der Waals surface area contributed by atoms with E-state index in [0.29, 0.717) is 72.3 Å². The molecule has 0 aliphatic carbocycles. The van der Waals surface area contributed by atoms with Gasteiger partial charge in [-0.2, -0.15) is 0 Å². The van der Waals surface area contributed by atoms with E-state index in [-0.39, 0.29) is 5.97 Å². The van der Waals surface area contributed by atoms with Crippen molar-refractivity contribution in [1.29, 1.82) is 0 Å². The van der Waals surface area contributed by atoms with Gasteiger partial charge in [0, 0.05) is 19.6 Å². The molecule has 0 rings (SSSR count). The summed E-state index contributed by atoms with van der Waals surface area (Å²) in [5, 5.41) is 0. The molecule has 0 fully saturated rings. The summed E-state index contributed by atoms with van der Waals surface area (Å²) >= 11 is 0. The Morgan fingerprint density at radius 2 is 1.07 bits per heavy atom. The fourth-order valence-electron chi connectivity index (χ4n) is 2.44. The van der Waals surface area contributed by atoms with Crippen molar-refractivity contribution < 1.29 is 28.5 Å². The first-order valence-electron chi connectivity index (χ1n) is 10.8. The molecule has 0 aliphatic rings. The van der Waals surface area contributed by atoms with Crippen LogP contribution in [0.2, 0.25) is 0 Å². The van der Waals surface area contributed by atoms with E-state index in [9.17, 15) is 4.79 Å². The van der Waals surface area contributed by atoms with Gasteiger partial charge in [0.15, 0.2) is 0 Å². The summed E-state index contributed by atoms with van der Waals surface area (Å²) in [6.45, 7) is 9.43. The highest BCUT2D eigenvalue weighted by Gasteiger charge is 2.02. The van der Waals surface area contributed by atoms with Gasteiger partial charge in [-0.1, -0.05) is 45.4 Å². The van der Waals surface area contributed by atoms with Crippen LogP contribution in [0.4, 0.5) is 0 Å². The molecular weight excluding hydrogens is 348 g/mol. The van der Waals surface area contributed by atoms with E-state index in [0.717, 1.165) is 12.8 Å². The minimum Gasteiger partial charge on any atom is -0.466 e. The van der Waals surface area contributed by atoms with Gasteiger partial charge >= 0.3 is 5.97 Å². The molecule has 0 aliphatic heterocycles. The molecule has 0 aromatic carbocycles. The first kappa shape index (κ1) is 26.3. The number of hydrogen-bond acceptors (Lipinski definition) is 6. The molecule has 0 aromatic rings. The average Bonchev–Trinajstić information content (AvgIpc) is 2.67. The highest BCUT2D eigenvalue weighted by molar-refractivity contribution is 5.69. The maximum atomic E-state index is 11.6. The standard InChI is InChI=1S/C21H42O6/c1-3-5-6-7-8-9-10-14-27-21(22)12-11-13-24-17-18-26-20-19-25-16-15-23-4-2/h3-20H2,1-2H3. The topological polar surface area (TPSA) is 63.2 Å². The summed E-state index contributed by atoms with van der Waals surface area (Å²) in [6.07, 6.45) is 9.70. The summed E-state index contributed by atoms with van der Waals surface area (Å²) in [7, 11) is 0. The molecule has 6 nitrogen and oxygen atoms in total. The van der Waals surface area contributed by atoms with Crippen LogP contribution in [0.1, 0.15) is 71.6 Å². The Morgan fingerprint density at radius 3 is 1.67 bits per heavy atom. The summed E-state index contributed by atoms with van der Waals surface area (Å²) in [5.74, 6) is -0.120. The molecule has 0 saturated carbocycles. The third-order valence-electron chi connectivity index (χ3n) is 4.00. The molecular formula is C21H42O6. The van der Waals surface area contributed by atoms with Crippen molar-refractivity contribution in [3.63, 3.8) is 0 Å². The maximum absolute atomic E-state index is 11.6. The molecule has 0 unspecified atom stereocenters. The van der Waals surface area contributed by atoms with Gasteiger partial charge in [-0.25, -0.2) is 0 Å². The molecule has 0 heterocycles. The zero-order chi connectivity index (χ0) is 19.8. The monoisotopic (exact) mass is 390 g/mol. The number of unbranched alkanes of at least 4 members (excludes halogenated alkanes) is 6. The summed E-state index contributed by atoms with van der Waals surface area (Å²) in [5.41, 5.74) is 0. The van der Waals surface area contributed by atoms with Gasteiger partial charge in [0.2, 0.25) is 0 Å². The summed E-state index contributed by atoms with van der Waals surface area (Å²) in [4.78, 5) is 11.6. The van der Waals surface area contributed by atoms with Crippen molar-refractivity contribution in [2.75, 3.05) is 59.5 Å². The number of carbonyl (C=O) groups is 1. The van der Waals surface area contributed by atoms with E-state index in [4.69, 9.17) is 23.7 Å². The molecule has 0 atom stereocenters. The molecule has 0 spiro atoms. The van der Waals surface area contributed by atoms with E-state index in [1.54, 1.807) is 0 Å². The van der Waals surface area contributed by atoms with Gasteiger partial charge in [0.25, 0.3) is 0 Å². The second kappa shape index (κ2) is 23.3. The number of esters is 1. The van der Waals surface area contributed by atoms with Crippen molar-refractivity contribution in [1.82, 2.24) is 0 Å². The van der Waals surface area contributed by atoms with E-state index in [1.807, 2.05) is 6.92 Å². The zero-order valence-corrected chi connectivity index (χ0v) is 17.7. The first-order chi connectivity index (χ1) is 13.3. The quantitative estimate of drug-likeness (QED) is 0.204. The number of carbonyl (C=O) groups excluding carboxylic acids is 1. The van der Waals surface area contributed by atoms with Crippen molar-refractivity contribution in [2.24, 2.45) is 0 Å². The van der Waals surface area contributed by atoms with Crippen LogP contribution in [0, 0.1) is 0 Å². The summed E-state index contributed by atoms with van der Waals surface area (Å²) < 4.78 is 26.6. The van der Waals surface area contributed by atoms with Crippen LogP contribution in [0.15, 0.2) is 0 Å². The van der Waals surface area contributed by atoms with Gasteiger partial charge < -0.3 is 23.7 Å². The highest BCUT2D eigenvalue weighted by Crippen LogP contribution is 2.07.